The number of pyridine rings is 1. The minimum atomic E-state index is 0. The molecule has 0 atom stereocenters. The van der Waals surface area contributed by atoms with Crippen molar-refractivity contribution in [1.82, 2.24) is 4.98 Å². The van der Waals surface area contributed by atoms with Gasteiger partial charge in [-0.05, 0) is 6.07 Å². The van der Waals surface area contributed by atoms with Gasteiger partial charge in [0.2, 0.25) is 0 Å². The summed E-state index contributed by atoms with van der Waals surface area (Å²) < 4.78 is 0. The van der Waals surface area contributed by atoms with Crippen molar-refractivity contribution >= 4 is 6.08 Å². The SMILES string of the molecule is [CH-]=Cc1ccccc1.[Ni+3].[c-]1ccccc1-c1[c-]c(-c2ccccn2)ccc1. The molecule has 1 heterocycles. The van der Waals surface area contributed by atoms with Gasteiger partial charge in [0.1, 0.15) is 0 Å². The molecule has 0 unspecified atom stereocenters. The van der Waals surface area contributed by atoms with Crippen LogP contribution in [0.2, 0.25) is 0 Å². The van der Waals surface area contributed by atoms with E-state index in [-0.39, 0.29) is 16.5 Å². The second kappa shape index (κ2) is 10.9. The summed E-state index contributed by atoms with van der Waals surface area (Å²) in [5, 5.41) is 0. The van der Waals surface area contributed by atoms with E-state index in [0.29, 0.717) is 0 Å². The number of aromatic nitrogens is 1. The van der Waals surface area contributed by atoms with E-state index in [0.717, 1.165) is 27.9 Å². The van der Waals surface area contributed by atoms with Crippen molar-refractivity contribution in [3.63, 3.8) is 0 Å². The average Bonchev–Trinajstić information content (AvgIpc) is 2.76. The number of nitrogens with zero attached hydrogens (tertiary/aromatic N) is 1. The number of benzene rings is 3. The third kappa shape index (κ3) is 6.06. The first-order valence-corrected chi connectivity index (χ1v) is 8.37. The summed E-state index contributed by atoms with van der Waals surface area (Å²) in [6.45, 7) is 5.22. The van der Waals surface area contributed by atoms with Gasteiger partial charge < -0.3 is 0 Å². The number of rotatable bonds is 3. The summed E-state index contributed by atoms with van der Waals surface area (Å²) in [5.74, 6) is 0. The van der Waals surface area contributed by atoms with E-state index in [9.17, 15) is 0 Å². The first-order valence-electron chi connectivity index (χ1n) is 8.37. The predicted octanol–water partition coefficient (Wildman–Crippen LogP) is 6.15. The molecular formula is C25H18NNi. The second-order valence-corrected chi connectivity index (χ2v) is 5.55. The van der Waals surface area contributed by atoms with Gasteiger partial charge in [0.15, 0.2) is 0 Å². The van der Waals surface area contributed by atoms with Gasteiger partial charge in [0.05, 0.1) is 0 Å². The van der Waals surface area contributed by atoms with Crippen molar-refractivity contribution in [2.75, 3.05) is 0 Å². The summed E-state index contributed by atoms with van der Waals surface area (Å²) >= 11 is 0. The monoisotopic (exact) mass is 390 g/mol. The van der Waals surface area contributed by atoms with Crippen LogP contribution >= 0.6 is 0 Å². The maximum atomic E-state index is 5.22. The Labute approximate surface area is 171 Å². The van der Waals surface area contributed by atoms with Crippen molar-refractivity contribution in [2.45, 2.75) is 0 Å². The molecule has 0 amide bonds. The Balaban J connectivity index is 0.000000247. The molecule has 0 spiro atoms. The fourth-order valence-corrected chi connectivity index (χ4v) is 2.42. The van der Waals surface area contributed by atoms with Crippen LogP contribution in [0.1, 0.15) is 5.56 Å². The van der Waals surface area contributed by atoms with Crippen molar-refractivity contribution < 1.29 is 16.5 Å². The maximum Gasteiger partial charge on any atom is 3.00 e. The van der Waals surface area contributed by atoms with Gasteiger partial charge in [-0.1, -0.05) is 30.3 Å². The molecule has 1 radical (unpaired) electrons. The Hall–Kier alpha value is -2.96. The molecule has 4 aromatic rings. The van der Waals surface area contributed by atoms with Gasteiger partial charge >= 0.3 is 16.5 Å². The molecule has 133 valence electrons. The summed E-state index contributed by atoms with van der Waals surface area (Å²) in [5.41, 5.74) is 5.10. The second-order valence-electron chi connectivity index (χ2n) is 5.55. The standard InChI is InChI=1S/C17H11N.C8H7.Ni/c1-2-7-14(8-3-1)15-9-6-10-16(13-15)17-11-4-5-12-18-17;1-2-8-6-4-3-5-7-8;/h1-7,9-12H;1-7H;/q-2;-1;+3. The Kier molecular flexibility index (Phi) is 8.22. The molecule has 1 aromatic heterocycles. The third-order valence-corrected chi connectivity index (χ3v) is 3.73. The van der Waals surface area contributed by atoms with Crippen LogP contribution in [0, 0.1) is 18.7 Å². The van der Waals surface area contributed by atoms with Gasteiger partial charge in [-0.25, -0.2) is 11.6 Å². The zero-order valence-electron chi connectivity index (χ0n) is 14.7. The van der Waals surface area contributed by atoms with E-state index in [1.807, 2.05) is 91.0 Å². The summed E-state index contributed by atoms with van der Waals surface area (Å²) in [7, 11) is 0. The van der Waals surface area contributed by atoms with Crippen LogP contribution < -0.4 is 0 Å². The first kappa shape index (κ1) is 20.4. The quantitative estimate of drug-likeness (QED) is 0.302. The predicted molar refractivity (Wildman–Crippen MR) is 108 cm³/mol. The van der Waals surface area contributed by atoms with Crippen molar-refractivity contribution in [1.29, 1.82) is 0 Å². The molecule has 0 N–H and O–H groups in total. The topological polar surface area (TPSA) is 12.9 Å². The molecule has 0 aliphatic carbocycles. The molecule has 0 bridgehead atoms. The smallest absolute Gasteiger partial charge is 0.295 e. The fraction of sp³-hybridized carbons (Fsp3) is 0. The third-order valence-electron chi connectivity index (χ3n) is 3.73. The molecule has 3 aromatic carbocycles. The number of hydrogen-bond acceptors (Lipinski definition) is 1. The summed E-state index contributed by atoms with van der Waals surface area (Å²) in [4.78, 5) is 4.34. The van der Waals surface area contributed by atoms with Gasteiger partial charge in [-0.3, -0.25) is 11.6 Å². The van der Waals surface area contributed by atoms with E-state index in [1.54, 1.807) is 12.3 Å². The largest absolute Gasteiger partial charge is 3.00 e. The molecule has 0 saturated heterocycles. The van der Waals surface area contributed by atoms with Gasteiger partial charge in [-0.2, -0.15) is 47.5 Å². The van der Waals surface area contributed by atoms with Crippen LogP contribution in [0.3, 0.4) is 0 Å². The Morgan fingerprint density at radius 2 is 1.41 bits per heavy atom. The van der Waals surface area contributed by atoms with Crippen LogP contribution in [-0.2, 0) is 16.5 Å². The van der Waals surface area contributed by atoms with E-state index >= 15 is 0 Å². The molecule has 0 aliphatic heterocycles. The molecule has 1 nitrogen and oxygen atoms in total. The maximum absolute atomic E-state index is 5.22. The Morgan fingerprint density at radius 1 is 0.704 bits per heavy atom. The normalized spacial score (nSPS) is 9.33. The Bertz CT molecular complexity index is 881. The van der Waals surface area contributed by atoms with E-state index in [4.69, 9.17) is 6.58 Å². The molecule has 2 heteroatoms. The van der Waals surface area contributed by atoms with Gasteiger partial charge in [0, 0.05) is 11.9 Å². The van der Waals surface area contributed by atoms with Crippen LogP contribution in [0.4, 0.5) is 0 Å². The zero-order valence-corrected chi connectivity index (χ0v) is 15.6. The molecule has 0 saturated carbocycles. The number of hydrogen-bond donors (Lipinski definition) is 0. The van der Waals surface area contributed by atoms with E-state index in [2.05, 4.69) is 17.1 Å². The zero-order chi connectivity index (χ0) is 18.0. The average molecular weight is 391 g/mol. The van der Waals surface area contributed by atoms with Crippen LogP contribution in [-0.4, -0.2) is 4.98 Å². The Morgan fingerprint density at radius 3 is 2.04 bits per heavy atom. The minimum Gasteiger partial charge on any atom is -0.295 e. The van der Waals surface area contributed by atoms with Crippen LogP contribution in [0.15, 0.2) is 97.2 Å². The van der Waals surface area contributed by atoms with E-state index < -0.39 is 0 Å². The molecular weight excluding hydrogens is 373 g/mol. The minimum absolute atomic E-state index is 0. The first-order chi connectivity index (χ1) is 12.9. The van der Waals surface area contributed by atoms with Crippen molar-refractivity contribution in [3.8, 4) is 22.4 Å². The van der Waals surface area contributed by atoms with E-state index in [1.165, 1.54) is 0 Å². The van der Waals surface area contributed by atoms with Gasteiger partial charge in [0.25, 0.3) is 0 Å². The summed E-state index contributed by atoms with van der Waals surface area (Å²) in [6, 6.07) is 36.3. The van der Waals surface area contributed by atoms with Crippen molar-refractivity contribution in [2.24, 2.45) is 0 Å². The van der Waals surface area contributed by atoms with Crippen LogP contribution in [0.5, 0.6) is 0 Å². The fourth-order valence-electron chi connectivity index (χ4n) is 2.42. The summed E-state index contributed by atoms with van der Waals surface area (Å²) in [6.07, 6.45) is 3.38. The molecule has 0 aliphatic rings. The molecule has 0 fully saturated rings. The van der Waals surface area contributed by atoms with Crippen LogP contribution in [0.25, 0.3) is 28.5 Å². The van der Waals surface area contributed by atoms with Crippen molar-refractivity contribution in [3.05, 3.63) is 121 Å². The molecule has 4 rings (SSSR count). The molecule has 27 heavy (non-hydrogen) atoms. The van der Waals surface area contributed by atoms with Gasteiger partial charge in [-0.15, -0.1) is 35.9 Å².